The molecule has 1 N–H and O–H groups in total. The van der Waals surface area contributed by atoms with E-state index in [1.807, 2.05) is 0 Å². The van der Waals surface area contributed by atoms with E-state index in [4.69, 9.17) is 4.55 Å². The van der Waals surface area contributed by atoms with Gasteiger partial charge in [0.1, 0.15) is 0 Å². The molecule has 0 spiro atoms. The lowest BCUT2D eigenvalue weighted by molar-refractivity contribution is -0.152. The van der Waals surface area contributed by atoms with Gasteiger partial charge in [-0.1, -0.05) is 25.7 Å². The van der Waals surface area contributed by atoms with E-state index >= 15 is 0 Å². The van der Waals surface area contributed by atoms with Crippen LogP contribution >= 0.6 is 0 Å². The number of carbonyl (C=O) groups is 1. The highest BCUT2D eigenvalue weighted by Crippen LogP contribution is 2.35. The lowest BCUT2D eigenvalue weighted by Gasteiger charge is -2.36. The van der Waals surface area contributed by atoms with Crippen LogP contribution in [0.2, 0.25) is 0 Å². The average molecular weight is 311 g/mol. The molecule has 0 bridgehead atoms. The molecular formula is C12H19F2NO4S. The van der Waals surface area contributed by atoms with Gasteiger partial charge in [-0.2, -0.15) is 17.2 Å². The van der Waals surface area contributed by atoms with Crippen molar-refractivity contribution in [2.75, 3.05) is 0 Å². The summed E-state index contributed by atoms with van der Waals surface area (Å²) in [5.74, 6) is -1.76. The number of halogens is 2. The van der Waals surface area contributed by atoms with Crippen LogP contribution in [0.1, 0.15) is 51.4 Å². The Morgan fingerprint density at radius 3 is 1.65 bits per heavy atom. The molecule has 8 heteroatoms. The molecule has 2 rings (SSSR count). The van der Waals surface area contributed by atoms with Gasteiger partial charge in [0.15, 0.2) is 0 Å². The molecule has 2 fully saturated rings. The lowest BCUT2D eigenvalue weighted by atomic mass is 10.1. The van der Waals surface area contributed by atoms with E-state index in [-0.39, 0.29) is 12.1 Å². The number of alkyl halides is 2. The Bertz CT molecular complexity index is 452. The van der Waals surface area contributed by atoms with E-state index in [2.05, 4.69) is 0 Å². The third kappa shape index (κ3) is 2.81. The number of rotatable bonds is 4. The predicted octanol–water partition coefficient (Wildman–Crippen LogP) is 2.18. The summed E-state index contributed by atoms with van der Waals surface area (Å²) in [5, 5.41) is -4.75. The summed E-state index contributed by atoms with van der Waals surface area (Å²) in [6.45, 7) is 0. The zero-order valence-electron chi connectivity index (χ0n) is 11.1. The molecule has 20 heavy (non-hydrogen) atoms. The Morgan fingerprint density at radius 1 is 1.00 bits per heavy atom. The van der Waals surface area contributed by atoms with Crippen LogP contribution in [0.5, 0.6) is 0 Å². The van der Waals surface area contributed by atoms with Gasteiger partial charge in [-0.25, -0.2) is 0 Å². The van der Waals surface area contributed by atoms with E-state index in [0.717, 1.165) is 30.6 Å². The number of carbonyl (C=O) groups excluding carboxylic acids is 1. The SMILES string of the molecule is O=C(N(C1CCCC1)C1CCCC1)C(F)(F)S(=O)(=O)O. The van der Waals surface area contributed by atoms with Gasteiger partial charge < -0.3 is 4.90 Å². The maximum atomic E-state index is 13.7. The fourth-order valence-electron chi connectivity index (χ4n) is 3.26. The van der Waals surface area contributed by atoms with Crippen LogP contribution in [-0.4, -0.2) is 41.1 Å². The first-order valence-electron chi connectivity index (χ1n) is 6.93. The predicted molar refractivity (Wildman–Crippen MR) is 67.9 cm³/mol. The molecular weight excluding hydrogens is 292 g/mol. The van der Waals surface area contributed by atoms with Crippen molar-refractivity contribution < 1.29 is 26.5 Å². The number of hydrogen-bond acceptors (Lipinski definition) is 3. The Balaban J connectivity index is 2.28. The fraction of sp³-hybridized carbons (Fsp3) is 0.917. The molecule has 0 aromatic rings. The molecule has 0 aromatic carbocycles. The summed E-state index contributed by atoms with van der Waals surface area (Å²) >= 11 is 0. The number of hydrogen-bond donors (Lipinski definition) is 1. The highest BCUT2D eigenvalue weighted by atomic mass is 32.2. The van der Waals surface area contributed by atoms with Crippen molar-refractivity contribution in [1.82, 2.24) is 4.90 Å². The van der Waals surface area contributed by atoms with E-state index in [1.54, 1.807) is 0 Å². The van der Waals surface area contributed by atoms with Crippen molar-refractivity contribution in [2.24, 2.45) is 0 Å². The van der Waals surface area contributed by atoms with Crippen LogP contribution in [0.15, 0.2) is 0 Å². The largest absolute Gasteiger partial charge is 0.446 e. The minimum atomic E-state index is -5.73. The van der Waals surface area contributed by atoms with Crippen molar-refractivity contribution in [1.29, 1.82) is 0 Å². The maximum absolute atomic E-state index is 13.7. The second-order valence-corrected chi connectivity index (χ2v) is 7.04. The van der Waals surface area contributed by atoms with Crippen molar-refractivity contribution in [2.45, 2.75) is 68.7 Å². The first kappa shape index (κ1) is 15.6. The summed E-state index contributed by atoms with van der Waals surface area (Å²) in [6.07, 6.45) is 5.84. The van der Waals surface area contributed by atoms with E-state index < -0.39 is 21.3 Å². The Kier molecular flexibility index (Phi) is 4.34. The number of amides is 1. The minimum Gasteiger partial charge on any atom is -0.330 e. The van der Waals surface area contributed by atoms with Gasteiger partial charge in [-0.05, 0) is 25.7 Å². The summed E-state index contributed by atoms with van der Waals surface area (Å²) in [7, 11) is -5.73. The van der Waals surface area contributed by atoms with Crippen LogP contribution < -0.4 is 0 Å². The highest BCUT2D eigenvalue weighted by molar-refractivity contribution is 7.87. The molecule has 0 radical (unpaired) electrons. The quantitative estimate of drug-likeness (QED) is 0.808. The van der Waals surface area contributed by atoms with Crippen molar-refractivity contribution in [3.63, 3.8) is 0 Å². The van der Waals surface area contributed by atoms with Crippen molar-refractivity contribution in [3.8, 4) is 0 Å². The third-order valence-corrected chi connectivity index (χ3v) is 5.07. The standard InChI is InChI=1S/C12H19F2NO4S/c13-12(14,20(17,18)19)11(16)15(9-5-1-2-6-9)10-7-3-4-8-10/h9-10H,1-8H2,(H,17,18,19). The fourth-order valence-corrected chi connectivity index (χ4v) is 3.58. The van der Waals surface area contributed by atoms with Gasteiger partial charge in [0.2, 0.25) is 0 Å². The first-order chi connectivity index (χ1) is 9.25. The summed E-state index contributed by atoms with van der Waals surface area (Å²) in [5.41, 5.74) is 0. The topological polar surface area (TPSA) is 74.7 Å². The van der Waals surface area contributed by atoms with Crippen LogP contribution in [0.3, 0.4) is 0 Å². The van der Waals surface area contributed by atoms with E-state index in [0.29, 0.717) is 25.7 Å². The molecule has 0 atom stereocenters. The third-order valence-electron chi connectivity index (χ3n) is 4.24. The highest BCUT2D eigenvalue weighted by Gasteiger charge is 2.56. The molecule has 0 unspecified atom stereocenters. The van der Waals surface area contributed by atoms with E-state index in [1.165, 1.54) is 0 Å². The maximum Gasteiger partial charge on any atom is 0.446 e. The normalized spacial score (nSPS) is 22.4. The Morgan fingerprint density at radius 2 is 1.35 bits per heavy atom. The van der Waals surface area contributed by atoms with Gasteiger partial charge in [0.25, 0.3) is 0 Å². The zero-order chi connectivity index (χ0) is 15.0. The van der Waals surface area contributed by atoms with Gasteiger partial charge in [0.05, 0.1) is 0 Å². The second-order valence-electron chi connectivity index (χ2n) is 5.58. The zero-order valence-corrected chi connectivity index (χ0v) is 11.9. The number of nitrogens with zero attached hydrogens (tertiary/aromatic N) is 1. The van der Waals surface area contributed by atoms with Crippen molar-refractivity contribution in [3.05, 3.63) is 0 Å². The minimum absolute atomic E-state index is 0.335. The van der Waals surface area contributed by atoms with Crippen molar-refractivity contribution >= 4 is 16.0 Å². The first-order valence-corrected chi connectivity index (χ1v) is 8.37. The molecule has 116 valence electrons. The second kappa shape index (κ2) is 5.55. The smallest absolute Gasteiger partial charge is 0.330 e. The van der Waals surface area contributed by atoms with Gasteiger partial charge in [-0.15, -0.1) is 0 Å². The molecule has 2 saturated carbocycles. The monoisotopic (exact) mass is 311 g/mol. The van der Waals surface area contributed by atoms with Crippen LogP contribution in [-0.2, 0) is 14.9 Å². The summed E-state index contributed by atoms with van der Waals surface area (Å²) in [6, 6.07) is -0.670. The van der Waals surface area contributed by atoms with Gasteiger partial charge in [-0.3, -0.25) is 9.35 Å². The van der Waals surface area contributed by atoms with Gasteiger partial charge >= 0.3 is 21.3 Å². The van der Waals surface area contributed by atoms with Crippen LogP contribution in [0.4, 0.5) is 8.78 Å². The molecule has 0 heterocycles. The average Bonchev–Trinajstić information content (AvgIpc) is 3.00. The van der Waals surface area contributed by atoms with Crippen LogP contribution in [0.25, 0.3) is 0 Å². The lowest BCUT2D eigenvalue weighted by Crippen LogP contribution is -2.54. The molecule has 5 nitrogen and oxygen atoms in total. The van der Waals surface area contributed by atoms with Gasteiger partial charge in [0, 0.05) is 12.1 Å². The molecule has 2 aliphatic rings. The Hall–Kier alpha value is -0.760. The molecule has 2 aliphatic carbocycles. The molecule has 0 aromatic heterocycles. The molecule has 1 amide bonds. The molecule has 0 aliphatic heterocycles. The Labute approximate surface area is 117 Å². The van der Waals surface area contributed by atoms with E-state index in [9.17, 15) is 22.0 Å². The summed E-state index contributed by atoms with van der Waals surface area (Å²) in [4.78, 5) is 13.1. The summed E-state index contributed by atoms with van der Waals surface area (Å²) < 4.78 is 57.5. The van der Waals surface area contributed by atoms with Crippen LogP contribution in [0, 0.1) is 0 Å². The molecule has 0 saturated heterocycles.